The highest BCUT2D eigenvalue weighted by atomic mass is 35.5. The zero-order chi connectivity index (χ0) is 13.8. The van der Waals surface area contributed by atoms with Gasteiger partial charge >= 0.3 is 0 Å². The summed E-state index contributed by atoms with van der Waals surface area (Å²) in [6.07, 6.45) is 1.57. The molecule has 0 radical (unpaired) electrons. The molecule has 0 aliphatic carbocycles. The number of nitrogens with zero attached hydrogens (tertiary/aromatic N) is 2. The second-order valence-electron chi connectivity index (χ2n) is 3.72. The Balaban J connectivity index is 2.12. The third-order valence-corrected chi connectivity index (χ3v) is 3.42. The molecule has 2 rings (SSSR count). The van der Waals surface area contributed by atoms with Gasteiger partial charge in [0.25, 0.3) is 0 Å². The van der Waals surface area contributed by atoms with Crippen LogP contribution in [0.4, 0.5) is 5.13 Å². The minimum Gasteiger partial charge on any atom is -0.503 e. The monoisotopic (exact) mass is 297 g/mol. The number of phenols is 1. The predicted molar refractivity (Wildman–Crippen MR) is 77.7 cm³/mol. The third kappa shape index (κ3) is 3.36. The van der Waals surface area contributed by atoms with Crippen LogP contribution in [-0.4, -0.2) is 23.4 Å². The lowest BCUT2D eigenvalue weighted by atomic mass is 10.2. The van der Waals surface area contributed by atoms with Gasteiger partial charge in [-0.3, -0.25) is 5.43 Å². The van der Waals surface area contributed by atoms with E-state index in [1.807, 2.05) is 12.3 Å². The van der Waals surface area contributed by atoms with Crippen molar-refractivity contribution in [1.29, 1.82) is 0 Å². The van der Waals surface area contributed by atoms with E-state index in [-0.39, 0.29) is 10.8 Å². The quantitative estimate of drug-likeness (QED) is 0.671. The Morgan fingerprint density at radius 3 is 2.95 bits per heavy atom. The van der Waals surface area contributed by atoms with Gasteiger partial charge in [0.15, 0.2) is 11.5 Å². The van der Waals surface area contributed by atoms with Crippen molar-refractivity contribution in [2.75, 3.05) is 12.5 Å². The van der Waals surface area contributed by atoms with Crippen molar-refractivity contribution in [3.8, 4) is 11.5 Å². The molecule has 2 aromatic rings. The summed E-state index contributed by atoms with van der Waals surface area (Å²) in [6, 6.07) is 3.23. The summed E-state index contributed by atoms with van der Waals surface area (Å²) < 4.78 is 5.01. The van der Waals surface area contributed by atoms with E-state index in [0.717, 1.165) is 5.69 Å². The van der Waals surface area contributed by atoms with Crippen molar-refractivity contribution in [3.63, 3.8) is 0 Å². The second kappa shape index (κ2) is 5.90. The van der Waals surface area contributed by atoms with Crippen LogP contribution in [0.3, 0.4) is 0 Å². The maximum absolute atomic E-state index is 9.60. The Labute approximate surface area is 119 Å². The topological polar surface area (TPSA) is 66.7 Å². The molecule has 0 aliphatic heterocycles. The zero-order valence-corrected chi connectivity index (χ0v) is 11.9. The number of hydrazone groups is 1. The lowest BCUT2D eigenvalue weighted by molar-refractivity contribution is 0.373. The summed E-state index contributed by atoms with van der Waals surface area (Å²) in [7, 11) is 1.46. The number of aromatic hydroxyl groups is 1. The number of nitrogens with one attached hydrogen (secondary N) is 1. The third-order valence-electron chi connectivity index (χ3n) is 2.26. The molecule has 0 saturated heterocycles. The van der Waals surface area contributed by atoms with Crippen LogP contribution in [0.25, 0.3) is 0 Å². The zero-order valence-electron chi connectivity index (χ0n) is 10.3. The minimum absolute atomic E-state index is 0.0789. The van der Waals surface area contributed by atoms with Gasteiger partial charge in [-0.1, -0.05) is 11.6 Å². The van der Waals surface area contributed by atoms with Gasteiger partial charge < -0.3 is 9.84 Å². The Hall–Kier alpha value is -1.79. The summed E-state index contributed by atoms with van der Waals surface area (Å²) in [5, 5.41) is 16.5. The standard InChI is InChI=1S/C12H12ClN3O2S/c1-7-6-19-12(15-7)16-14-5-8-3-9(13)11(17)10(4-8)18-2/h3-6,17H,1-2H3,(H,15,16)/b14-5-. The molecule has 0 saturated carbocycles. The lowest BCUT2D eigenvalue weighted by Gasteiger charge is -2.05. The molecule has 0 aliphatic rings. The first kappa shape index (κ1) is 13.6. The van der Waals surface area contributed by atoms with Crippen LogP contribution < -0.4 is 10.2 Å². The van der Waals surface area contributed by atoms with Crippen LogP contribution in [0.1, 0.15) is 11.3 Å². The van der Waals surface area contributed by atoms with Crippen LogP contribution in [0.2, 0.25) is 5.02 Å². The Morgan fingerprint density at radius 2 is 2.32 bits per heavy atom. The van der Waals surface area contributed by atoms with Crippen molar-refractivity contribution in [2.45, 2.75) is 6.92 Å². The molecular formula is C12H12ClN3O2S. The number of halogens is 1. The molecule has 0 atom stereocenters. The molecule has 2 N–H and O–H groups in total. The summed E-state index contributed by atoms with van der Waals surface area (Å²) in [5.41, 5.74) is 4.47. The summed E-state index contributed by atoms with van der Waals surface area (Å²) >= 11 is 7.35. The molecule has 7 heteroatoms. The summed E-state index contributed by atoms with van der Waals surface area (Å²) in [4.78, 5) is 4.21. The first-order chi connectivity index (χ1) is 9.10. The number of phenolic OH excluding ortho intramolecular Hbond substituents is 1. The van der Waals surface area contributed by atoms with Crippen LogP contribution in [0.15, 0.2) is 22.6 Å². The second-order valence-corrected chi connectivity index (χ2v) is 4.98. The van der Waals surface area contributed by atoms with Crippen molar-refractivity contribution < 1.29 is 9.84 Å². The van der Waals surface area contributed by atoms with Gasteiger partial charge in [0.1, 0.15) is 0 Å². The summed E-state index contributed by atoms with van der Waals surface area (Å²) in [5.74, 6) is 0.226. The van der Waals surface area contributed by atoms with Gasteiger partial charge in [-0.2, -0.15) is 5.10 Å². The Morgan fingerprint density at radius 1 is 1.53 bits per heavy atom. The molecule has 1 aromatic heterocycles. The molecule has 0 unspecified atom stereocenters. The largest absolute Gasteiger partial charge is 0.503 e. The molecule has 0 bridgehead atoms. The lowest BCUT2D eigenvalue weighted by Crippen LogP contribution is -1.92. The average Bonchev–Trinajstić information content (AvgIpc) is 2.79. The normalized spacial score (nSPS) is 10.9. The van der Waals surface area contributed by atoms with Gasteiger partial charge in [0.05, 0.1) is 24.0 Å². The van der Waals surface area contributed by atoms with Crippen LogP contribution in [0.5, 0.6) is 11.5 Å². The van der Waals surface area contributed by atoms with E-state index in [0.29, 0.717) is 16.4 Å². The number of anilines is 1. The van der Waals surface area contributed by atoms with E-state index >= 15 is 0 Å². The Bertz CT molecular complexity index is 613. The van der Waals surface area contributed by atoms with Gasteiger partial charge in [-0.15, -0.1) is 11.3 Å². The van der Waals surface area contributed by atoms with Gasteiger partial charge in [-0.05, 0) is 24.6 Å². The number of rotatable bonds is 4. The van der Waals surface area contributed by atoms with E-state index in [4.69, 9.17) is 16.3 Å². The highest BCUT2D eigenvalue weighted by Crippen LogP contribution is 2.34. The molecule has 0 spiro atoms. The fraction of sp³-hybridized carbons (Fsp3) is 0.167. The maximum atomic E-state index is 9.60. The summed E-state index contributed by atoms with van der Waals surface area (Å²) in [6.45, 7) is 1.91. The minimum atomic E-state index is -0.0789. The number of thiazole rings is 1. The number of hydrogen-bond acceptors (Lipinski definition) is 6. The van der Waals surface area contributed by atoms with Gasteiger partial charge in [0, 0.05) is 5.38 Å². The molecule has 0 amide bonds. The maximum Gasteiger partial charge on any atom is 0.203 e. The first-order valence-electron chi connectivity index (χ1n) is 5.38. The van der Waals surface area contributed by atoms with E-state index < -0.39 is 0 Å². The number of aromatic nitrogens is 1. The number of methoxy groups -OCH3 is 1. The first-order valence-corrected chi connectivity index (χ1v) is 6.63. The highest BCUT2D eigenvalue weighted by molar-refractivity contribution is 7.13. The van der Waals surface area contributed by atoms with E-state index in [1.54, 1.807) is 18.3 Å². The Kier molecular flexibility index (Phi) is 4.24. The SMILES string of the molecule is COc1cc(/C=N\Nc2nc(C)cs2)cc(Cl)c1O. The molecule has 19 heavy (non-hydrogen) atoms. The molecule has 0 fully saturated rings. The number of ether oxygens (including phenoxy) is 1. The van der Waals surface area contributed by atoms with Crippen molar-refractivity contribution in [3.05, 3.63) is 33.8 Å². The van der Waals surface area contributed by atoms with Crippen LogP contribution in [0, 0.1) is 6.92 Å². The fourth-order valence-corrected chi connectivity index (χ4v) is 2.25. The van der Waals surface area contributed by atoms with Crippen LogP contribution in [-0.2, 0) is 0 Å². The van der Waals surface area contributed by atoms with Crippen molar-refractivity contribution >= 4 is 34.3 Å². The van der Waals surface area contributed by atoms with E-state index in [9.17, 15) is 5.11 Å². The van der Waals surface area contributed by atoms with E-state index in [2.05, 4.69) is 15.5 Å². The number of aryl methyl sites for hydroxylation is 1. The van der Waals surface area contributed by atoms with Crippen molar-refractivity contribution in [1.82, 2.24) is 4.98 Å². The molecule has 1 aromatic carbocycles. The molecule has 5 nitrogen and oxygen atoms in total. The number of hydrogen-bond donors (Lipinski definition) is 2. The molecular weight excluding hydrogens is 286 g/mol. The number of benzene rings is 1. The fourth-order valence-electron chi connectivity index (χ4n) is 1.39. The highest BCUT2D eigenvalue weighted by Gasteiger charge is 2.07. The van der Waals surface area contributed by atoms with Crippen molar-refractivity contribution in [2.24, 2.45) is 5.10 Å². The van der Waals surface area contributed by atoms with Crippen LogP contribution >= 0.6 is 22.9 Å². The molecule has 100 valence electrons. The molecule has 1 heterocycles. The van der Waals surface area contributed by atoms with Gasteiger partial charge in [-0.25, -0.2) is 4.98 Å². The average molecular weight is 298 g/mol. The van der Waals surface area contributed by atoms with E-state index in [1.165, 1.54) is 18.4 Å². The smallest absolute Gasteiger partial charge is 0.203 e. The van der Waals surface area contributed by atoms with Gasteiger partial charge in [0.2, 0.25) is 5.13 Å². The predicted octanol–water partition coefficient (Wildman–Crippen LogP) is 3.27.